The van der Waals surface area contributed by atoms with Crippen LogP contribution in [0.1, 0.15) is 21.6 Å². The van der Waals surface area contributed by atoms with E-state index >= 15 is 0 Å². The van der Waals surface area contributed by atoms with E-state index in [1.54, 1.807) is 18.5 Å². The molecule has 9 nitrogen and oxygen atoms in total. The van der Waals surface area contributed by atoms with E-state index < -0.39 is 10.8 Å². The smallest absolute Gasteiger partial charge is 0.277 e. The fourth-order valence-corrected chi connectivity index (χ4v) is 3.50. The lowest BCUT2D eigenvalue weighted by Gasteiger charge is -2.11. The Kier molecular flexibility index (Phi) is 5.38. The van der Waals surface area contributed by atoms with Crippen LogP contribution in [0.15, 0.2) is 59.3 Å². The maximum Gasteiger partial charge on any atom is 0.277 e. The molecule has 0 aliphatic carbocycles. The zero-order chi connectivity index (χ0) is 22.1. The molecule has 0 saturated carbocycles. The van der Waals surface area contributed by atoms with Gasteiger partial charge in [-0.1, -0.05) is 12.1 Å². The van der Waals surface area contributed by atoms with Gasteiger partial charge >= 0.3 is 0 Å². The number of rotatable bonds is 5. The van der Waals surface area contributed by atoms with Crippen LogP contribution in [0, 0.1) is 24.0 Å². The van der Waals surface area contributed by atoms with Gasteiger partial charge in [0.1, 0.15) is 11.5 Å². The third-order valence-electron chi connectivity index (χ3n) is 4.49. The Morgan fingerprint density at radius 3 is 2.77 bits per heavy atom. The van der Waals surface area contributed by atoms with Crippen LogP contribution in [0.25, 0.3) is 5.65 Å². The van der Waals surface area contributed by atoms with Crippen LogP contribution >= 0.6 is 15.9 Å². The fraction of sp³-hybridized carbons (Fsp3) is 0.0952. The van der Waals surface area contributed by atoms with Crippen molar-refractivity contribution >= 4 is 38.9 Å². The van der Waals surface area contributed by atoms with Crippen LogP contribution < -0.4 is 10.1 Å². The van der Waals surface area contributed by atoms with Crippen molar-refractivity contribution in [2.45, 2.75) is 13.8 Å². The number of halogens is 1. The number of nitro benzene ring substituents is 1. The number of hydrogen-bond acceptors (Lipinski definition) is 6. The molecule has 4 aromatic rings. The molecule has 4 rings (SSSR count). The molecule has 0 aliphatic heterocycles. The summed E-state index contributed by atoms with van der Waals surface area (Å²) >= 11 is 3.34. The standard InChI is InChI=1S/C21H16BrN5O4/c1-12-4-5-13(2)17(8-12)31-16-10-14(9-15(11-16)27(29)30)24-21(28)19-18(22)20-23-6-3-7-26(20)25-19/h3-11H,1-2H3,(H,24,28). The second-order valence-electron chi connectivity index (χ2n) is 6.85. The number of fused-ring (bicyclic) bond motifs is 1. The van der Waals surface area contributed by atoms with Crippen molar-refractivity contribution in [3.63, 3.8) is 0 Å². The van der Waals surface area contributed by atoms with Crippen LogP contribution in [-0.4, -0.2) is 25.4 Å². The summed E-state index contributed by atoms with van der Waals surface area (Å²) in [7, 11) is 0. The number of benzene rings is 2. The highest BCUT2D eigenvalue weighted by Crippen LogP contribution is 2.32. The van der Waals surface area contributed by atoms with Gasteiger partial charge in [0.05, 0.1) is 21.1 Å². The van der Waals surface area contributed by atoms with E-state index in [9.17, 15) is 14.9 Å². The van der Waals surface area contributed by atoms with Crippen molar-refractivity contribution < 1.29 is 14.5 Å². The molecule has 0 unspecified atom stereocenters. The summed E-state index contributed by atoms with van der Waals surface area (Å²) in [5.74, 6) is 0.261. The number of ether oxygens (including phenoxy) is 1. The molecule has 0 bridgehead atoms. The Balaban J connectivity index is 1.67. The third kappa shape index (κ3) is 4.24. The van der Waals surface area contributed by atoms with E-state index in [1.165, 1.54) is 22.7 Å². The van der Waals surface area contributed by atoms with Gasteiger partial charge in [-0.2, -0.15) is 5.10 Å². The summed E-state index contributed by atoms with van der Waals surface area (Å²) in [5, 5.41) is 18.3. The molecular formula is C21H16BrN5O4. The number of aromatic nitrogens is 3. The van der Waals surface area contributed by atoms with E-state index in [-0.39, 0.29) is 22.8 Å². The second kappa shape index (κ2) is 8.15. The normalized spacial score (nSPS) is 10.8. The largest absolute Gasteiger partial charge is 0.457 e. The monoisotopic (exact) mass is 481 g/mol. The van der Waals surface area contributed by atoms with Gasteiger partial charge in [0.15, 0.2) is 11.3 Å². The molecule has 10 heteroatoms. The Labute approximate surface area is 185 Å². The predicted octanol–water partition coefficient (Wildman–Crippen LogP) is 5.06. The van der Waals surface area contributed by atoms with Crippen molar-refractivity contribution in [1.82, 2.24) is 14.6 Å². The van der Waals surface area contributed by atoms with Crippen molar-refractivity contribution in [2.75, 3.05) is 5.32 Å². The van der Waals surface area contributed by atoms with Gasteiger partial charge in [0.25, 0.3) is 11.6 Å². The zero-order valence-corrected chi connectivity index (χ0v) is 18.1. The predicted molar refractivity (Wildman–Crippen MR) is 118 cm³/mol. The van der Waals surface area contributed by atoms with Crippen molar-refractivity contribution in [3.05, 3.63) is 86.3 Å². The molecule has 0 atom stereocenters. The van der Waals surface area contributed by atoms with Crippen molar-refractivity contribution in [2.24, 2.45) is 0 Å². The number of anilines is 1. The minimum absolute atomic E-state index is 0.0993. The van der Waals surface area contributed by atoms with E-state index in [2.05, 4.69) is 31.3 Å². The van der Waals surface area contributed by atoms with Crippen LogP contribution in [0.5, 0.6) is 11.5 Å². The summed E-state index contributed by atoms with van der Waals surface area (Å²) in [6.45, 7) is 3.80. The average Bonchev–Trinajstić information content (AvgIpc) is 3.07. The topological polar surface area (TPSA) is 112 Å². The Bertz CT molecular complexity index is 1330. The fourth-order valence-electron chi connectivity index (χ4n) is 2.96. The number of hydrogen-bond donors (Lipinski definition) is 1. The summed E-state index contributed by atoms with van der Waals surface area (Å²) in [6, 6.07) is 11.5. The highest BCUT2D eigenvalue weighted by Gasteiger charge is 2.20. The molecule has 2 heterocycles. The Morgan fingerprint density at radius 1 is 1.23 bits per heavy atom. The number of aryl methyl sites for hydroxylation is 2. The molecule has 2 aromatic carbocycles. The number of non-ortho nitro benzene ring substituents is 1. The molecule has 0 fully saturated rings. The van der Waals surface area contributed by atoms with Crippen LogP contribution in [0.4, 0.5) is 11.4 Å². The van der Waals surface area contributed by atoms with Gasteiger partial charge in [-0.25, -0.2) is 9.50 Å². The number of nitro groups is 1. The van der Waals surface area contributed by atoms with Gasteiger partial charge in [-0.3, -0.25) is 14.9 Å². The molecule has 0 aliphatic rings. The minimum atomic E-state index is -0.546. The highest BCUT2D eigenvalue weighted by molar-refractivity contribution is 9.10. The second-order valence-corrected chi connectivity index (χ2v) is 7.64. The minimum Gasteiger partial charge on any atom is -0.457 e. The van der Waals surface area contributed by atoms with Crippen LogP contribution in [-0.2, 0) is 0 Å². The zero-order valence-electron chi connectivity index (χ0n) is 16.5. The first-order chi connectivity index (χ1) is 14.8. The molecular weight excluding hydrogens is 466 g/mol. The van der Waals surface area contributed by atoms with Gasteiger partial charge in [0, 0.05) is 24.5 Å². The van der Waals surface area contributed by atoms with Crippen molar-refractivity contribution in [3.8, 4) is 11.5 Å². The SMILES string of the molecule is Cc1ccc(C)c(Oc2cc(NC(=O)c3nn4cccnc4c3Br)cc([N+](=O)[O-])c2)c1. The number of nitrogens with one attached hydrogen (secondary N) is 1. The van der Waals surface area contributed by atoms with E-state index in [1.807, 2.05) is 32.0 Å². The van der Waals surface area contributed by atoms with E-state index in [4.69, 9.17) is 4.74 Å². The molecule has 1 N–H and O–H groups in total. The Hall–Kier alpha value is -3.79. The molecule has 1 amide bonds. The van der Waals surface area contributed by atoms with Crippen LogP contribution in [0.2, 0.25) is 0 Å². The van der Waals surface area contributed by atoms with Gasteiger partial charge in [-0.05, 0) is 53.0 Å². The van der Waals surface area contributed by atoms with Gasteiger partial charge in [0.2, 0.25) is 0 Å². The molecule has 31 heavy (non-hydrogen) atoms. The molecule has 2 aromatic heterocycles. The maximum absolute atomic E-state index is 12.8. The molecule has 0 spiro atoms. The highest BCUT2D eigenvalue weighted by atomic mass is 79.9. The summed E-state index contributed by atoms with van der Waals surface area (Å²) < 4.78 is 7.76. The lowest BCUT2D eigenvalue weighted by atomic mass is 10.1. The molecule has 156 valence electrons. The lowest BCUT2D eigenvalue weighted by molar-refractivity contribution is -0.384. The first-order valence-electron chi connectivity index (χ1n) is 9.16. The van der Waals surface area contributed by atoms with Gasteiger partial charge in [-0.15, -0.1) is 0 Å². The first-order valence-corrected chi connectivity index (χ1v) is 9.96. The first kappa shape index (κ1) is 20.5. The molecule has 0 saturated heterocycles. The van der Waals surface area contributed by atoms with E-state index in [0.29, 0.717) is 15.9 Å². The van der Waals surface area contributed by atoms with E-state index in [0.717, 1.165) is 11.1 Å². The van der Waals surface area contributed by atoms with Gasteiger partial charge < -0.3 is 10.1 Å². The summed E-state index contributed by atoms with van der Waals surface area (Å²) in [5.41, 5.74) is 2.44. The maximum atomic E-state index is 12.8. The number of nitrogens with zero attached hydrogens (tertiary/aromatic N) is 4. The Morgan fingerprint density at radius 2 is 2.03 bits per heavy atom. The van der Waals surface area contributed by atoms with Crippen molar-refractivity contribution in [1.29, 1.82) is 0 Å². The number of carbonyl (C=O) groups is 1. The lowest BCUT2D eigenvalue weighted by Crippen LogP contribution is -2.13. The number of amides is 1. The van der Waals surface area contributed by atoms with Crippen LogP contribution in [0.3, 0.4) is 0 Å². The summed E-state index contributed by atoms with van der Waals surface area (Å²) in [4.78, 5) is 27.8. The average molecular weight is 482 g/mol. The summed E-state index contributed by atoms with van der Waals surface area (Å²) in [6.07, 6.45) is 3.24. The third-order valence-corrected chi connectivity index (χ3v) is 5.22. The molecule has 0 radical (unpaired) electrons. The number of carbonyl (C=O) groups excluding carboxylic acids is 1. The quantitative estimate of drug-likeness (QED) is 0.314.